The van der Waals surface area contributed by atoms with E-state index in [9.17, 15) is 0 Å². The second-order valence-electron chi connectivity index (χ2n) is 7.69. The van der Waals surface area contributed by atoms with E-state index < -0.39 is 0 Å². The van der Waals surface area contributed by atoms with Crippen LogP contribution >= 0.6 is 15.9 Å². The summed E-state index contributed by atoms with van der Waals surface area (Å²) in [6.07, 6.45) is 12.7. The molecule has 0 N–H and O–H groups in total. The summed E-state index contributed by atoms with van der Waals surface area (Å²) in [5, 5.41) is 1.18. The molecule has 0 radical (unpaired) electrons. The number of hydrogen-bond acceptors (Lipinski definition) is 2. The third kappa shape index (κ3) is 3.78. The average Bonchev–Trinajstić information content (AvgIpc) is 2.59. The monoisotopic (exact) mass is 344 g/mol. The molecule has 0 bridgehead atoms. The first-order valence-electron chi connectivity index (χ1n) is 8.44. The van der Waals surface area contributed by atoms with Crippen molar-refractivity contribution in [3.8, 4) is 0 Å². The topological polar surface area (TPSA) is 6.48 Å². The predicted molar refractivity (Wildman–Crippen MR) is 91.7 cm³/mol. The number of hydrogen-bond donors (Lipinski definition) is 0. The first-order valence-corrected chi connectivity index (χ1v) is 9.56. The van der Waals surface area contributed by atoms with E-state index in [4.69, 9.17) is 0 Å². The Kier molecular flexibility index (Phi) is 5.96. The molecule has 3 heteroatoms. The van der Waals surface area contributed by atoms with Crippen molar-refractivity contribution in [2.24, 2.45) is 5.41 Å². The molecule has 0 spiro atoms. The summed E-state index contributed by atoms with van der Waals surface area (Å²) in [7, 11) is 6.87. The molecule has 2 fully saturated rings. The highest BCUT2D eigenvalue weighted by Gasteiger charge is 2.41. The van der Waals surface area contributed by atoms with Crippen LogP contribution in [-0.4, -0.2) is 54.9 Å². The van der Waals surface area contributed by atoms with Gasteiger partial charge >= 0.3 is 0 Å². The largest absolute Gasteiger partial charge is 0.304 e. The van der Waals surface area contributed by atoms with E-state index in [1.165, 1.54) is 76.2 Å². The van der Waals surface area contributed by atoms with Gasteiger partial charge in [-0.2, -0.15) is 0 Å². The van der Waals surface area contributed by atoms with Crippen LogP contribution < -0.4 is 0 Å². The number of alkyl halides is 1. The zero-order chi connectivity index (χ0) is 14.6. The van der Waals surface area contributed by atoms with E-state index in [0.29, 0.717) is 11.0 Å². The SMILES string of the molecule is CN(CC1(CBr)CCCCCC1)CC1(N(C)C)CCC1. The van der Waals surface area contributed by atoms with Crippen molar-refractivity contribution in [3.63, 3.8) is 0 Å². The maximum Gasteiger partial charge on any atom is 0.0330 e. The Morgan fingerprint density at radius 1 is 0.800 bits per heavy atom. The molecule has 0 aromatic carbocycles. The van der Waals surface area contributed by atoms with Gasteiger partial charge in [-0.15, -0.1) is 0 Å². The molecule has 2 saturated carbocycles. The van der Waals surface area contributed by atoms with Crippen molar-refractivity contribution < 1.29 is 0 Å². The third-order valence-electron chi connectivity index (χ3n) is 5.85. The Balaban J connectivity index is 1.93. The van der Waals surface area contributed by atoms with Crippen molar-refractivity contribution >= 4 is 15.9 Å². The van der Waals surface area contributed by atoms with Gasteiger partial charge in [-0.25, -0.2) is 0 Å². The van der Waals surface area contributed by atoms with Crippen LogP contribution in [0.25, 0.3) is 0 Å². The summed E-state index contributed by atoms with van der Waals surface area (Å²) in [6, 6.07) is 0. The summed E-state index contributed by atoms with van der Waals surface area (Å²) in [6.45, 7) is 2.52. The number of rotatable bonds is 6. The molecule has 0 aromatic rings. The quantitative estimate of drug-likeness (QED) is 0.527. The Hall–Kier alpha value is 0.400. The van der Waals surface area contributed by atoms with E-state index in [1.54, 1.807) is 0 Å². The summed E-state index contributed by atoms with van der Waals surface area (Å²) < 4.78 is 0. The molecule has 2 nitrogen and oxygen atoms in total. The summed E-state index contributed by atoms with van der Waals surface area (Å²) >= 11 is 3.83. The van der Waals surface area contributed by atoms with Crippen molar-refractivity contribution in [3.05, 3.63) is 0 Å². The summed E-state index contributed by atoms with van der Waals surface area (Å²) in [5.74, 6) is 0. The van der Waals surface area contributed by atoms with Gasteiger partial charge in [-0.3, -0.25) is 0 Å². The van der Waals surface area contributed by atoms with Crippen LogP contribution in [-0.2, 0) is 0 Å². The van der Waals surface area contributed by atoms with Gasteiger partial charge in [0.2, 0.25) is 0 Å². The molecule has 2 aliphatic rings. The van der Waals surface area contributed by atoms with Gasteiger partial charge in [0.25, 0.3) is 0 Å². The maximum absolute atomic E-state index is 3.83. The van der Waals surface area contributed by atoms with Crippen LogP contribution in [0.1, 0.15) is 57.8 Å². The lowest BCUT2D eigenvalue weighted by atomic mass is 9.74. The Morgan fingerprint density at radius 3 is 1.80 bits per heavy atom. The summed E-state index contributed by atoms with van der Waals surface area (Å²) in [4.78, 5) is 5.10. The minimum Gasteiger partial charge on any atom is -0.304 e. The van der Waals surface area contributed by atoms with Crippen LogP contribution in [0, 0.1) is 5.41 Å². The number of halogens is 1. The zero-order valence-electron chi connectivity index (χ0n) is 13.8. The lowest BCUT2D eigenvalue weighted by Crippen LogP contribution is -2.57. The predicted octanol–water partition coefficient (Wildman–Crippen LogP) is 4.14. The van der Waals surface area contributed by atoms with Gasteiger partial charge in [0.1, 0.15) is 0 Å². The fourth-order valence-electron chi connectivity index (χ4n) is 4.28. The van der Waals surface area contributed by atoms with E-state index in [0.717, 1.165) is 0 Å². The lowest BCUT2D eigenvalue weighted by Gasteiger charge is -2.50. The molecule has 0 amide bonds. The van der Waals surface area contributed by atoms with Crippen LogP contribution in [0.5, 0.6) is 0 Å². The fraction of sp³-hybridized carbons (Fsp3) is 1.00. The summed E-state index contributed by atoms with van der Waals surface area (Å²) in [5.41, 5.74) is 0.996. The highest BCUT2D eigenvalue weighted by atomic mass is 79.9. The van der Waals surface area contributed by atoms with Crippen molar-refractivity contribution in [2.75, 3.05) is 39.6 Å². The Bertz CT molecular complexity index is 291. The van der Waals surface area contributed by atoms with Gasteiger partial charge in [0, 0.05) is 24.0 Å². The van der Waals surface area contributed by atoms with Crippen molar-refractivity contribution in [1.82, 2.24) is 9.80 Å². The number of nitrogens with zero attached hydrogens (tertiary/aromatic N) is 2. The molecule has 2 rings (SSSR count). The smallest absolute Gasteiger partial charge is 0.0330 e. The van der Waals surface area contributed by atoms with Crippen LogP contribution in [0.4, 0.5) is 0 Å². The van der Waals surface area contributed by atoms with Crippen LogP contribution in [0.3, 0.4) is 0 Å². The van der Waals surface area contributed by atoms with Crippen molar-refractivity contribution in [2.45, 2.75) is 63.3 Å². The molecule has 20 heavy (non-hydrogen) atoms. The minimum atomic E-state index is 0.465. The van der Waals surface area contributed by atoms with Crippen LogP contribution in [0.15, 0.2) is 0 Å². The second-order valence-corrected chi connectivity index (χ2v) is 8.25. The van der Waals surface area contributed by atoms with E-state index in [-0.39, 0.29) is 0 Å². The molecule has 0 aromatic heterocycles. The van der Waals surface area contributed by atoms with Crippen molar-refractivity contribution in [1.29, 1.82) is 0 Å². The minimum absolute atomic E-state index is 0.465. The molecule has 0 aliphatic heterocycles. The first-order chi connectivity index (χ1) is 9.52. The van der Waals surface area contributed by atoms with Gasteiger partial charge in [0.15, 0.2) is 0 Å². The lowest BCUT2D eigenvalue weighted by molar-refractivity contribution is 0.0163. The zero-order valence-corrected chi connectivity index (χ0v) is 15.3. The molecule has 2 aliphatic carbocycles. The second kappa shape index (κ2) is 7.11. The molecular weight excluding hydrogens is 312 g/mol. The molecule has 118 valence electrons. The fourth-order valence-corrected chi connectivity index (χ4v) is 5.01. The third-order valence-corrected chi connectivity index (χ3v) is 7.04. The molecule has 0 heterocycles. The maximum atomic E-state index is 3.83. The average molecular weight is 345 g/mol. The molecule has 0 unspecified atom stereocenters. The van der Waals surface area contributed by atoms with E-state index in [2.05, 4.69) is 46.9 Å². The van der Waals surface area contributed by atoms with Gasteiger partial charge in [-0.1, -0.05) is 41.6 Å². The van der Waals surface area contributed by atoms with Gasteiger partial charge in [-0.05, 0) is 58.7 Å². The van der Waals surface area contributed by atoms with E-state index in [1.807, 2.05) is 0 Å². The van der Waals surface area contributed by atoms with Gasteiger partial charge < -0.3 is 9.80 Å². The van der Waals surface area contributed by atoms with E-state index >= 15 is 0 Å². The normalized spacial score (nSPS) is 25.5. The number of likely N-dealkylation sites (N-methyl/N-ethyl adjacent to an activating group) is 2. The highest BCUT2D eigenvalue weighted by molar-refractivity contribution is 9.09. The van der Waals surface area contributed by atoms with Crippen LogP contribution in [0.2, 0.25) is 0 Å². The molecule has 0 atom stereocenters. The first kappa shape index (κ1) is 16.8. The van der Waals surface area contributed by atoms with Gasteiger partial charge in [0.05, 0.1) is 0 Å². The highest BCUT2D eigenvalue weighted by Crippen LogP contribution is 2.40. The molecule has 0 saturated heterocycles. The Morgan fingerprint density at radius 2 is 1.40 bits per heavy atom. The Labute approximate surface area is 134 Å². The standard InChI is InChI=1S/C17H33BrN2/c1-19(2)17(11-8-12-17)15-20(3)14-16(13-18)9-6-4-5-7-10-16/h4-15H2,1-3H3. The molecular formula is C17H33BrN2.